The molecule has 0 aliphatic rings. The van der Waals surface area contributed by atoms with Gasteiger partial charge in [-0.3, -0.25) is 4.21 Å². The van der Waals surface area contributed by atoms with Gasteiger partial charge in [-0.2, -0.15) is 0 Å². The average molecular weight is 277 g/mol. The molecule has 0 aromatic heterocycles. The molecule has 0 radical (unpaired) electrons. The van der Waals surface area contributed by atoms with Gasteiger partial charge in [-0.25, -0.2) is 0 Å². The van der Waals surface area contributed by atoms with E-state index in [-0.39, 0.29) is 0 Å². The van der Waals surface area contributed by atoms with Gasteiger partial charge in [0.25, 0.3) is 0 Å². The van der Waals surface area contributed by atoms with E-state index in [4.69, 9.17) is 11.6 Å². The van der Waals surface area contributed by atoms with Crippen LogP contribution in [0.25, 0.3) is 4.91 Å². The summed E-state index contributed by atoms with van der Waals surface area (Å²) in [7, 11) is -1.11. The van der Waals surface area contributed by atoms with E-state index >= 15 is 0 Å². The molecule has 2 rings (SSSR count). The Balaban J connectivity index is 2.09. The summed E-state index contributed by atoms with van der Waals surface area (Å²) in [6.07, 6.45) is 0. The Morgan fingerprint density at radius 1 is 1.06 bits per heavy atom. The predicted molar refractivity (Wildman–Crippen MR) is 78.8 cm³/mol. The summed E-state index contributed by atoms with van der Waals surface area (Å²) in [5.74, 6) is 0.463. The number of halogens is 1. The number of rotatable bonds is 4. The minimum atomic E-state index is -1.11. The van der Waals surface area contributed by atoms with Gasteiger partial charge in [-0.15, -0.1) is 0 Å². The molecule has 18 heavy (non-hydrogen) atoms. The molecule has 0 saturated heterocycles. The highest BCUT2D eigenvalue weighted by Crippen LogP contribution is 2.19. The van der Waals surface area contributed by atoms with Crippen LogP contribution in [-0.4, -0.2) is 4.21 Å². The minimum absolute atomic E-state index is 0.463. The Morgan fingerprint density at radius 2 is 1.67 bits per heavy atom. The average Bonchev–Trinajstić information content (AvgIpc) is 2.41. The summed E-state index contributed by atoms with van der Waals surface area (Å²) < 4.78 is 12.2. The van der Waals surface area contributed by atoms with Crippen LogP contribution < -0.4 is 0 Å². The van der Waals surface area contributed by atoms with Gasteiger partial charge in [-0.1, -0.05) is 60.6 Å². The van der Waals surface area contributed by atoms with E-state index in [0.717, 1.165) is 11.1 Å². The van der Waals surface area contributed by atoms with Gasteiger partial charge in [0.1, 0.15) is 0 Å². The van der Waals surface area contributed by atoms with Crippen molar-refractivity contribution in [1.29, 1.82) is 0 Å². The fourth-order valence-corrected chi connectivity index (χ4v) is 2.77. The molecule has 2 aromatic carbocycles. The molecule has 1 atom stereocenters. The van der Waals surface area contributed by atoms with Crippen LogP contribution in [0, 0.1) is 0 Å². The van der Waals surface area contributed by atoms with E-state index in [1.54, 1.807) is 12.1 Å². The van der Waals surface area contributed by atoms with Crippen LogP contribution in [0.15, 0.2) is 61.2 Å². The van der Waals surface area contributed by atoms with Gasteiger partial charge in [0.15, 0.2) is 0 Å². The third kappa shape index (κ3) is 3.31. The van der Waals surface area contributed by atoms with Crippen molar-refractivity contribution in [2.45, 2.75) is 5.75 Å². The monoisotopic (exact) mass is 276 g/mol. The second kappa shape index (κ2) is 5.98. The van der Waals surface area contributed by atoms with E-state index in [1.807, 2.05) is 42.5 Å². The highest BCUT2D eigenvalue weighted by Gasteiger charge is 2.08. The summed E-state index contributed by atoms with van der Waals surface area (Å²) in [6, 6.07) is 17.0. The van der Waals surface area contributed by atoms with E-state index < -0.39 is 10.8 Å². The predicted octanol–water partition coefficient (Wildman–Crippen LogP) is 4.26. The van der Waals surface area contributed by atoms with Crippen molar-refractivity contribution in [2.24, 2.45) is 0 Å². The normalized spacial score (nSPS) is 12.1. The van der Waals surface area contributed by atoms with E-state index in [0.29, 0.717) is 15.7 Å². The van der Waals surface area contributed by atoms with Crippen molar-refractivity contribution >= 4 is 27.3 Å². The first kappa shape index (κ1) is 13.1. The van der Waals surface area contributed by atoms with Crippen molar-refractivity contribution in [1.82, 2.24) is 0 Å². The van der Waals surface area contributed by atoms with E-state index in [1.165, 1.54) is 0 Å². The van der Waals surface area contributed by atoms with Crippen LogP contribution in [0.1, 0.15) is 11.1 Å². The van der Waals surface area contributed by atoms with Gasteiger partial charge in [0.2, 0.25) is 0 Å². The maximum Gasteiger partial charge on any atom is 0.0574 e. The molecule has 2 aromatic rings. The zero-order valence-corrected chi connectivity index (χ0v) is 11.4. The lowest BCUT2D eigenvalue weighted by molar-refractivity contribution is 0.688. The number of benzene rings is 2. The number of hydrogen-bond donors (Lipinski definition) is 0. The zero-order valence-electron chi connectivity index (χ0n) is 9.80. The molecule has 0 N–H and O–H groups in total. The maximum absolute atomic E-state index is 12.2. The van der Waals surface area contributed by atoms with Crippen molar-refractivity contribution in [3.8, 4) is 0 Å². The van der Waals surface area contributed by atoms with Crippen LogP contribution >= 0.6 is 11.6 Å². The first-order valence-corrected chi connectivity index (χ1v) is 7.23. The standard InChI is InChI=1S/C15H13ClOS/c1-12(14-5-3-2-4-6-14)18(17)11-13-7-9-15(16)10-8-13/h2-10H,1,11H2/t18-/m0/s1. The smallest absolute Gasteiger partial charge is 0.0574 e. The van der Waals surface area contributed by atoms with Crippen LogP contribution in [0.3, 0.4) is 0 Å². The first-order valence-electron chi connectivity index (χ1n) is 5.54. The third-order valence-corrected chi connectivity index (χ3v) is 4.21. The molecule has 0 unspecified atom stereocenters. The molecule has 0 amide bonds. The molecule has 0 fully saturated rings. The Hall–Kier alpha value is -1.38. The lowest BCUT2D eigenvalue weighted by atomic mass is 10.2. The van der Waals surface area contributed by atoms with Crippen molar-refractivity contribution < 1.29 is 4.21 Å². The molecule has 0 bridgehead atoms. The quantitative estimate of drug-likeness (QED) is 0.815. The van der Waals surface area contributed by atoms with Crippen molar-refractivity contribution in [3.05, 3.63) is 77.3 Å². The third-order valence-electron chi connectivity index (χ3n) is 2.58. The van der Waals surface area contributed by atoms with Gasteiger partial charge >= 0.3 is 0 Å². The highest BCUT2D eigenvalue weighted by atomic mass is 35.5. The summed E-state index contributed by atoms with van der Waals surface area (Å²) in [6.45, 7) is 3.91. The molecule has 0 aliphatic heterocycles. The van der Waals surface area contributed by atoms with Crippen LogP contribution in [-0.2, 0) is 16.6 Å². The Morgan fingerprint density at radius 3 is 2.28 bits per heavy atom. The molecule has 0 saturated carbocycles. The maximum atomic E-state index is 12.2. The molecule has 1 nitrogen and oxygen atoms in total. The van der Waals surface area contributed by atoms with Crippen molar-refractivity contribution in [2.75, 3.05) is 0 Å². The molecular formula is C15H13ClOS. The largest absolute Gasteiger partial charge is 0.254 e. The summed E-state index contributed by atoms with van der Waals surface area (Å²) in [5.41, 5.74) is 1.92. The van der Waals surface area contributed by atoms with E-state index in [9.17, 15) is 4.21 Å². The Labute approximate surface area is 115 Å². The van der Waals surface area contributed by atoms with Crippen LogP contribution in [0.4, 0.5) is 0 Å². The van der Waals surface area contributed by atoms with Gasteiger partial charge in [0.05, 0.1) is 16.6 Å². The molecular weight excluding hydrogens is 264 g/mol. The van der Waals surface area contributed by atoms with Gasteiger partial charge < -0.3 is 0 Å². The zero-order chi connectivity index (χ0) is 13.0. The first-order chi connectivity index (χ1) is 8.66. The fourth-order valence-electron chi connectivity index (χ4n) is 1.57. The second-order valence-electron chi connectivity index (χ2n) is 3.91. The summed E-state index contributed by atoms with van der Waals surface area (Å²) in [4.78, 5) is 0.658. The molecule has 3 heteroatoms. The van der Waals surface area contributed by atoms with E-state index in [2.05, 4.69) is 6.58 Å². The molecule has 0 spiro atoms. The lowest BCUT2D eigenvalue weighted by Gasteiger charge is -2.06. The lowest BCUT2D eigenvalue weighted by Crippen LogP contribution is -1.97. The molecule has 0 heterocycles. The second-order valence-corrected chi connectivity index (χ2v) is 5.81. The van der Waals surface area contributed by atoms with Gasteiger partial charge in [0, 0.05) is 9.93 Å². The Kier molecular flexibility index (Phi) is 4.34. The summed E-state index contributed by atoms with van der Waals surface area (Å²) in [5, 5.41) is 0.686. The van der Waals surface area contributed by atoms with Gasteiger partial charge in [-0.05, 0) is 23.3 Å². The SMILES string of the molecule is C=C(c1ccccc1)[S@@](=O)Cc1ccc(Cl)cc1. The number of hydrogen-bond acceptors (Lipinski definition) is 1. The Bertz CT molecular complexity index is 561. The van der Waals surface area contributed by atoms with Crippen LogP contribution in [0.2, 0.25) is 5.02 Å². The molecule has 0 aliphatic carbocycles. The fraction of sp³-hybridized carbons (Fsp3) is 0.0667. The minimum Gasteiger partial charge on any atom is -0.254 e. The van der Waals surface area contributed by atoms with Crippen LogP contribution in [0.5, 0.6) is 0 Å². The summed E-state index contributed by atoms with van der Waals surface area (Å²) >= 11 is 5.81. The molecule has 92 valence electrons. The van der Waals surface area contributed by atoms with Crippen molar-refractivity contribution in [3.63, 3.8) is 0 Å². The topological polar surface area (TPSA) is 17.1 Å². The highest BCUT2D eigenvalue weighted by molar-refractivity contribution is 7.93.